The number of hydrogen-bond acceptors (Lipinski definition) is 7. The third-order valence-electron chi connectivity index (χ3n) is 4.26. The van der Waals surface area contributed by atoms with Crippen LogP contribution < -0.4 is 10.6 Å². The number of piperazine rings is 1. The zero-order valence-electron chi connectivity index (χ0n) is 18.7. The monoisotopic (exact) mass is 447 g/mol. The van der Waals surface area contributed by atoms with E-state index >= 15 is 0 Å². The molecule has 0 atom stereocenters. The van der Waals surface area contributed by atoms with Crippen molar-refractivity contribution in [3.63, 3.8) is 0 Å². The third-order valence-corrected chi connectivity index (χ3v) is 4.26. The molecule has 11 nitrogen and oxygen atoms in total. The predicted molar refractivity (Wildman–Crippen MR) is 116 cm³/mol. The number of anilines is 1. The highest BCUT2D eigenvalue weighted by atomic mass is 16.6. The minimum atomic E-state index is -0.756. The fourth-order valence-electron chi connectivity index (χ4n) is 2.87. The van der Waals surface area contributed by atoms with Crippen LogP contribution in [0.5, 0.6) is 0 Å². The van der Waals surface area contributed by atoms with Crippen molar-refractivity contribution in [2.75, 3.05) is 38.1 Å². The van der Waals surface area contributed by atoms with Gasteiger partial charge in [0, 0.05) is 24.3 Å². The van der Waals surface area contributed by atoms with Crippen molar-refractivity contribution in [2.45, 2.75) is 33.3 Å². The summed E-state index contributed by atoms with van der Waals surface area (Å²) < 4.78 is 9.93. The second-order valence-electron chi connectivity index (χ2n) is 8.05. The summed E-state index contributed by atoms with van der Waals surface area (Å²) in [6.07, 6.45) is -0.756. The van der Waals surface area contributed by atoms with E-state index in [-0.39, 0.29) is 44.0 Å². The van der Waals surface area contributed by atoms with Gasteiger partial charge in [0.25, 0.3) is 5.91 Å². The molecule has 0 spiro atoms. The van der Waals surface area contributed by atoms with E-state index in [1.165, 1.54) is 9.80 Å². The Labute approximate surface area is 186 Å². The van der Waals surface area contributed by atoms with Crippen LogP contribution in [-0.2, 0) is 19.1 Å². The molecule has 1 aromatic carbocycles. The number of nitrogens with one attached hydrogen (secondary N) is 3. The summed E-state index contributed by atoms with van der Waals surface area (Å²) in [6.45, 7) is 7.38. The quantitative estimate of drug-likeness (QED) is 0.352. The van der Waals surface area contributed by atoms with Gasteiger partial charge in [-0.2, -0.15) is 0 Å². The molecule has 11 heteroatoms. The van der Waals surface area contributed by atoms with Crippen molar-refractivity contribution < 1.29 is 28.7 Å². The second-order valence-corrected chi connectivity index (χ2v) is 8.05. The van der Waals surface area contributed by atoms with E-state index in [2.05, 4.69) is 10.6 Å². The summed E-state index contributed by atoms with van der Waals surface area (Å²) in [5.41, 5.74) is 0.171. The number of benzene rings is 1. The van der Waals surface area contributed by atoms with Gasteiger partial charge in [-0.1, -0.05) is 0 Å². The van der Waals surface area contributed by atoms with E-state index in [1.54, 1.807) is 52.0 Å². The van der Waals surface area contributed by atoms with E-state index in [9.17, 15) is 19.2 Å². The number of ether oxygens (including phenoxy) is 2. The number of guanidine groups is 1. The maximum absolute atomic E-state index is 12.7. The lowest BCUT2D eigenvalue weighted by Gasteiger charge is -2.33. The maximum atomic E-state index is 12.7. The Kier molecular flexibility index (Phi) is 8.16. The lowest BCUT2D eigenvalue weighted by molar-refractivity contribution is -0.150. The molecule has 0 aliphatic carbocycles. The molecule has 2 rings (SSSR count). The van der Waals surface area contributed by atoms with E-state index in [4.69, 9.17) is 14.9 Å². The normalized spacial score (nSPS) is 13.9. The number of esters is 1. The first-order valence-corrected chi connectivity index (χ1v) is 10.2. The fraction of sp³-hybridized carbons (Fsp3) is 0.476. The standard InChI is InChI=1S/C21H29N5O6/c1-5-31-17(28)13-25-10-11-26(12-16(25)27)18(29)14-6-8-15(9-7-14)23-19(22)24-20(30)32-21(2,3)4/h6-9H,5,10-13H2,1-4H3,(H3,22,23,24,30). The number of carbonyl (C=O) groups excluding carboxylic acids is 4. The first kappa shape index (κ1) is 24.6. The van der Waals surface area contributed by atoms with Gasteiger partial charge in [-0.25, -0.2) is 4.79 Å². The highest BCUT2D eigenvalue weighted by Gasteiger charge is 2.29. The average molecular weight is 447 g/mol. The molecule has 3 N–H and O–H groups in total. The van der Waals surface area contributed by atoms with Crippen molar-refractivity contribution in [2.24, 2.45) is 0 Å². The van der Waals surface area contributed by atoms with Gasteiger partial charge >= 0.3 is 12.1 Å². The van der Waals surface area contributed by atoms with Crippen LogP contribution in [0.15, 0.2) is 24.3 Å². The van der Waals surface area contributed by atoms with Gasteiger partial charge < -0.3 is 24.6 Å². The molecular formula is C21H29N5O6. The van der Waals surface area contributed by atoms with Gasteiger partial charge in [-0.05, 0) is 52.0 Å². The minimum absolute atomic E-state index is 0.122. The summed E-state index contributed by atoms with van der Waals surface area (Å²) in [6, 6.07) is 6.27. The lowest BCUT2D eigenvalue weighted by Crippen LogP contribution is -2.53. The molecule has 1 heterocycles. The molecule has 174 valence electrons. The van der Waals surface area contributed by atoms with Crippen LogP contribution in [0, 0.1) is 5.41 Å². The summed E-state index contributed by atoms with van der Waals surface area (Å²) in [5, 5.41) is 12.8. The summed E-state index contributed by atoms with van der Waals surface area (Å²) in [7, 11) is 0. The smallest absolute Gasteiger partial charge is 0.414 e. The fourth-order valence-corrected chi connectivity index (χ4v) is 2.87. The van der Waals surface area contributed by atoms with Crippen LogP contribution >= 0.6 is 0 Å². The topological polar surface area (TPSA) is 141 Å². The number of nitrogens with zero attached hydrogens (tertiary/aromatic N) is 2. The Hall–Kier alpha value is -3.63. The molecule has 0 aromatic heterocycles. The number of rotatable bonds is 5. The third kappa shape index (κ3) is 7.56. The predicted octanol–water partition coefficient (Wildman–Crippen LogP) is 1.41. The van der Waals surface area contributed by atoms with Gasteiger partial charge in [-0.3, -0.25) is 25.1 Å². The number of hydrogen-bond donors (Lipinski definition) is 3. The maximum Gasteiger partial charge on any atom is 0.414 e. The van der Waals surface area contributed by atoms with Crippen LogP contribution in [-0.4, -0.2) is 78.0 Å². The number of carbonyl (C=O) groups is 4. The van der Waals surface area contributed by atoms with Crippen molar-refractivity contribution >= 4 is 35.5 Å². The van der Waals surface area contributed by atoms with E-state index in [1.807, 2.05) is 0 Å². The van der Waals surface area contributed by atoms with Crippen LogP contribution in [0.3, 0.4) is 0 Å². The highest BCUT2D eigenvalue weighted by molar-refractivity contribution is 6.01. The Morgan fingerprint density at radius 2 is 1.78 bits per heavy atom. The van der Waals surface area contributed by atoms with Crippen LogP contribution in [0.2, 0.25) is 0 Å². The number of amides is 3. The van der Waals surface area contributed by atoms with Gasteiger partial charge in [0.2, 0.25) is 11.9 Å². The van der Waals surface area contributed by atoms with Crippen LogP contribution in [0.1, 0.15) is 38.1 Å². The summed E-state index contributed by atoms with van der Waals surface area (Å²) in [5.74, 6) is -1.39. The van der Waals surface area contributed by atoms with Gasteiger partial charge in [0.15, 0.2) is 0 Å². The SMILES string of the molecule is CCOC(=O)CN1CCN(C(=O)c2ccc(NC(=N)NC(=O)OC(C)(C)C)cc2)CC1=O. The zero-order valence-corrected chi connectivity index (χ0v) is 18.7. The van der Waals surface area contributed by atoms with Crippen molar-refractivity contribution in [1.82, 2.24) is 15.1 Å². The Morgan fingerprint density at radius 1 is 1.12 bits per heavy atom. The Morgan fingerprint density at radius 3 is 2.34 bits per heavy atom. The molecule has 0 bridgehead atoms. The Balaban J connectivity index is 1.88. The minimum Gasteiger partial charge on any atom is -0.465 e. The largest absolute Gasteiger partial charge is 0.465 e. The molecule has 1 fully saturated rings. The van der Waals surface area contributed by atoms with Crippen molar-refractivity contribution in [3.05, 3.63) is 29.8 Å². The molecule has 32 heavy (non-hydrogen) atoms. The zero-order chi connectivity index (χ0) is 23.9. The summed E-state index contributed by atoms with van der Waals surface area (Å²) >= 11 is 0. The highest BCUT2D eigenvalue weighted by Crippen LogP contribution is 2.14. The molecule has 3 amide bonds. The number of alkyl carbamates (subject to hydrolysis) is 1. The molecule has 1 aromatic rings. The van der Waals surface area contributed by atoms with Gasteiger partial charge in [0.1, 0.15) is 18.7 Å². The van der Waals surface area contributed by atoms with Crippen LogP contribution in [0.25, 0.3) is 0 Å². The Bertz CT molecular complexity index is 878. The lowest BCUT2D eigenvalue weighted by atomic mass is 10.1. The molecule has 0 saturated carbocycles. The van der Waals surface area contributed by atoms with E-state index < -0.39 is 17.7 Å². The average Bonchev–Trinajstić information content (AvgIpc) is 2.68. The molecule has 1 saturated heterocycles. The van der Waals surface area contributed by atoms with E-state index in [0.29, 0.717) is 17.8 Å². The molecule has 0 unspecified atom stereocenters. The first-order chi connectivity index (χ1) is 15.0. The molecule has 1 aliphatic rings. The molecular weight excluding hydrogens is 418 g/mol. The van der Waals surface area contributed by atoms with Gasteiger partial charge in [-0.15, -0.1) is 0 Å². The van der Waals surface area contributed by atoms with Crippen molar-refractivity contribution in [3.8, 4) is 0 Å². The van der Waals surface area contributed by atoms with Crippen LogP contribution in [0.4, 0.5) is 10.5 Å². The molecule has 0 radical (unpaired) electrons. The summed E-state index contributed by atoms with van der Waals surface area (Å²) in [4.78, 5) is 51.1. The van der Waals surface area contributed by atoms with Crippen molar-refractivity contribution in [1.29, 1.82) is 5.41 Å². The first-order valence-electron chi connectivity index (χ1n) is 10.2. The van der Waals surface area contributed by atoms with E-state index in [0.717, 1.165) is 0 Å². The second kappa shape index (κ2) is 10.6. The molecule has 1 aliphatic heterocycles. The van der Waals surface area contributed by atoms with Gasteiger partial charge in [0.05, 0.1) is 6.61 Å².